The molecule has 0 bridgehead atoms. The van der Waals surface area contributed by atoms with E-state index in [2.05, 4.69) is 50.7 Å². The molecule has 0 nitrogen and oxygen atoms in total. The monoisotopic (exact) mass is 262 g/mol. The molecular weight excluding hydrogens is 236 g/mol. The molecule has 0 radical (unpaired) electrons. The molecule has 0 saturated heterocycles. The summed E-state index contributed by atoms with van der Waals surface area (Å²) in [7, 11) is 0. The van der Waals surface area contributed by atoms with Gasteiger partial charge in [0.25, 0.3) is 0 Å². The molecule has 0 atom stereocenters. The van der Waals surface area contributed by atoms with Crippen LogP contribution in [-0.2, 0) is 12.2 Å². The Kier molecular flexibility index (Phi) is 5.17. The van der Waals surface area contributed by atoms with Crippen LogP contribution in [0, 0.1) is 12.8 Å². The van der Waals surface area contributed by atoms with Crippen molar-refractivity contribution in [2.24, 2.45) is 5.92 Å². The second kappa shape index (κ2) is 6.65. The molecule has 18 heavy (non-hydrogen) atoms. The van der Waals surface area contributed by atoms with Gasteiger partial charge in [-0.2, -0.15) is 11.8 Å². The van der Waals surface area contributed by atoms with E-state index in [1.54, 1.807) is 0 Å². The Morgan fingerprint density at radius 1 is 1.17 bits per heavy atom. The largest absolute Gasteiger partial charge is 0.154 e. The summed E-state index contributed by atoms with van der Waals surface area (Å²) in [6, 6.07) is 7.02. The lowest BCUT2D eigenvalue weighted by atomic mass is 9.91. The minimum Gasteiger partial charge on any atom is -0.154 e. The van der Waals surface area contributed by atoms with Crippen molar-refractivity contribution in [3.8, 4) is 0 Å². The first kappa shape index (κ1) is 14.0. The van der Waals surface area contributed by atoms with Crippen LogP contribution in [-0.4, -0.2) is 5.25 Å². The van der Waals surface area contributed by atoms with E-state index < -0.39 is 0 Å². The molecule has 1 aliphatic rings. The van der Waals surface area contributed by atoms with Crippen molar-refractivity contribution < 1.29 is 0 Å². The number of hydrogen-bond acceptors (Lipinski definition) is 1. The highest BCUT2D eigenvalue weighted by Gasteiger charge is 2.18. The van der Waals surface area contributed by atoms with E-state index in [0.29, 0.717) is 0 Å². The predicted octanol–water partition coefficient (Wildman–Crippen LogP) is 5.37. The second-order valence-electron chi connectivity index (χ2n) is 5.81. The zero-order chi connectivity index (χ0) is 13.0. The average Bonchev–Trinajstić information content (AvgIpc) is 2.38. The van der Waals surface area contributed by atoms with Gasteiger partial charge in [-0.15, -0.1) is 0 Å². The van der Waals surface area contributed by atoms with Gasteiger partial charge in [-0.05, 0) is 61.6 Å². The van der Waals surface area contributed by atoms with Gasteiger partial charge in [0.2, 0.25) is 0 Å². The fourth-order valence-corrected chi connectivity index (χ4v) is 4.07. The molecule has 1 saturated carbocycles. The van der Waals surface area contributed by atoms with Crippen molar-refractivity contribution in [1.82, 2.24) is 0 Å². The van der Waals surface area contributed by atoms with Crippen molar-refractivity contribution in [2.75, 3.05) is 0 Å². The first-order chi connectivity index (χ1) is 8.69. The number of thioether (sulfide) groups is 1. The Morgan fingerprint density at radius 2 is 1.89 bits per heavy atom. The number of aryl methyl sites for hydroxylation is 2. The van der Waals surface area contributed by atoms with E-state index in [1.807, 2.05) is 0 Å². The summed E-state index contributed by atoms with van der Waals surface area (Å²) in [5, 5.41) is 0.910. The Morgan fingerprint density at radius 3 is 2.50 bits per heavy atom. The highest BCUT2D eigenvalue weighted by atomic mass is 32.2. The van der Waals surface area contributed by atoms with E-state index >= 15 is 0 Å². The van der Waals surface area contributed by atoms with E-state index in [9.17, 15) is 0 Å². The molecule has 1 fully saturated rings. The van der Waals surface area contributed by atoms with E-state index in [-0.39, 0.29) is 0 Å². The standard InChI is InChI=1S/C17H26S/c1-4-16-8-7-15(11-14(16)3)12-18-17-9-5-13(2)6-10-17/h7-8,11,13,17H,4-6,9-10,12H2,1-3H3. The second-order valence-corrected chi connectivity index (χ2v) is 7.10. The van der Waals surface area contributed by atoms with Gasteiger partial charge in [-0.25, -0.2) is 0 Å². The van der Waals surface area contributed by atoms with Crippen molar-refractivity contribution in [3.05, 3.63) is 34.9 Å². The molecule has 1 aromatic carbocycles. The fourth-order valence-electron chi connectivity index (χ4n) is 2.85. The molecule has 0 heterocycles. The SMILES string of the molecule is CCc1ccc(CSC2CCC(C)CC2)cc1C. The van der Waals surface area contributed by atoms with Gasteiger partial charge in [0, 0.05) is 11.0 Å². The van der Waals surface area contributed by atoms with Gasteiger partial charge in [-0.1, -0.05) is 32.0 Å². The quantitative estimate of drug-likeness (QED) is 0.703. The molecule has 100 valence electrons. The van der Waals surface area contributed by atoms with Crippen molar-refractivity contribution >= 4 is 11.8 Å². The lowest BCUT2D eigenvalue weighted by Gasteiger charge is -2.25. The van der Waals surface area contributed by atoms with Gasteiger partial charge in [-0.3, -0.25) is 0 Å². The smallest absolute Gasteiger partial charge is 0.0187 e. The first-order valence-corrected chi connectivity index (χ1v) is 8.44. The molecule has 0 amide bonds. The molecule has 0 aromatic heterocycles. The van der Waals surface area contributed by atoms with Crippen LogP contribution in [0.1, 0.15) is 56.2 Å². The van der Waals surface area contributed by atoms with E-state index in [0.717, 1.165) is 17.6 Å². The molecule has 0 spiro atoms. The zero-order valence-electron chi connectivity index (χ0n) is 12.0. The van der Waals surface area contributed by atoms with Crippen molar-refractivity contribution in [1.29, 1.82) is 0 Å². The Bertz CT molecular complexity index is 375. The molecule has 2 rings (SSSR count). The summed E-state index contributed by atoms with van der Waals surface area (Å²) >= 11 is 2.17. The first-order valence-electron chi connectivity index (χ1n) is 7.39. The molecule has 0 N–H and O–H groups in total. The van der Waals surface area contributed by atoms with E-state index in [4.69, 9.17) is 0 Å². The maximum absolute atomic E-state index is 2.40. The van der Waals surface area contributed by atoms with Crippen molar-refractivity contribution in [2.45, 2.75) is 63.9 Å². The van der Waals surface area contributed by atoms with Crippen LogP contribution in [0.5, 0.6) is 0 Å². The third-order valence-corrected chi connectivity index (χ3v) is 5.68. The molecule has 0 aliphatic heterocycles. The van der Waals surface area contributed by atoms with Gasteiger partial charge < -0.3 is 0 Å². The normalized spacial score (nSPS) is 24.2. The fraction of sp³-hybridized carbons (Fsp3) is 0.647. The van der Waals surface area contributed by atoms with Crippen LogP contribution in [0.3, 0.4) is 0 Å². The lowest BCUT2D eigenvalue weighted by molar-refractivity contribution is 0.393. The van der Waals surface area contributed by atoms with E-state index in [1.165, 1.54) is 48.1 Å². The highest BCUT2D eigenvalue weighted by Crippen LogP contribution is 2.33. The summed E-state index contributed by atoms with van der Waals surface area (Å²) in [5.41, 5.74) is 4.47. The molecule has 1 aliphatic carbocycles. The van der Waals surface area contributed by atoms with Gasteiger partial charge in [0.1, 0.15) is 0 Å². The van der Waals surface area contributed by atoms with Crippen LogP contribution in [0.2, 0.25) is 0 Å². The third-order valence-electron chi connectivity index (χ3n) is 4.24. The van der Waals surface area contributed by atoms with Crippen LogP contribution in [0.25, 0.3) is 0 Å². The van der Waals surface area contributed by atoms with Crippen LogP contribution >= 0.6 is 11.8 Å². The van der Waals surface area contributed by atoms with Crippen LogP contribution in [0.15, 0.2) is 18.2 Å². The number of rotatable bonds is 4. The summed E-state index contributed by atoms with van der Waals surface area (Å²) < 4.78 is 0. The summed E-state index contributed by atoms with van der Waals surface area (Å²) in [4.78, 5) is 0. The minimum absolute atomic E-state index is 0.910. The Labute approximate surface area is 117 Å². The molecule has 0 unspecified atom stereocenters. The molecule has 1 heteroatoms. The predicted molar refractivity (Wildman–Crippen MR) is 83.3 cm³/mol. The van der Waals surface area contributed by atoms with Gasteiger partial charge in [0.05, 0.1) is 0 Å². The molecular formula is C17H26S. The summed E-state index contributed by atoms with van der Waals surface area (Å²) in [6.07, 6.45) is 6.88. The maximum Gasteiger partial charge on any atom is 0.0187 e. The zero-order valence-corrected chi connectivity index (χ0v) is 12.9. The third kappa shape index (κ3) is 3.78. The maximum atomic E-state index is 2.40. The average molecular weight is 262 g/mol. The van der Waals surface area contributed by atoms with Gasteiger partial charge in [0.15, 0.2) is 0 Å². The summed E-state index contributed by atoms with van der Waals surface area (Å²) in [6.45, 7) is 6.88. The highest BCUT2D eigenvalue weighted by molar-refractivity contribution is 7.99. The van der Waals surface area contributed by atoms with Crippen LogP contribution in [0.4, 0.5) is 0 Å². The Balaban J connectivity index is 1.84. The van der Waals surface area contributed by atoms with Gasteiger partial charge >= 0.3 is 0 Å². The van der Waals surface area contributed by atoms with Crippen molar-refractivity contribution in [3.63, 3.8) is 0 Å². The minimum atomic E-state index is 0.910. The lowest BCUT2D eigenvalue weighted by Crippen LogP contribution is -2.14. The summed E-state index contributed by atoms with van der Waals surface area (Å²) in [5.74, 6) is 2.16. The topological polar surface area (TPSA) is 0 Å². The number of hydrogen-bond donors (Lipinski definition) is 0. The molecule has 1 aromatic rings. The Hall–Kier alpha value is -0.430. The number of benzene rings is 1. The van der Waals surface area contributed by atoms with Crippen LogP contribution < -0.4 is 0 Å².